The fourth-order valence-electron chi connectivity index (χ4n) is 1.13. The van der Waals surface area contributed by atoms with Gasteiger partial charge in [0, 0.05) is 0 Å². The van der Waals surface area contributed by atoms with Crippen LogP contribution in [0.2, 0.25) is 0 Å². The van der Waals surface area contributed by atoms with Crippen molar-refractivity contribution in [3.05, 3.63) is 54.4 Å². The van der Waals surface area contributed by atoms with Crippen LogP contribution in [-0.2, 0) is 0 Å². The molecule has 0 aliphatic carbocycles. The van der Waals surface area contributed by atoms with Crippen molar-refractivity contribution in [2.75, 3.05) is 0 Å². The van der Waals surface area contributed by atoms with Crippen molar-refractivity contribution in [1.82, 2.24) is 0 Å². The lowest BCUT2D eigenvalue weighted by molar-refractivity contribution is 0.198. The molecule has 2 rings (SSSR count). The van der Waals surface area contributed by atoms with E-state index in [1.807, 2.05) is 6.07 Å². The van der Waals surface area contributed by atoms with Gasteiger partial charge < -0.3 is 13.9 Å². The van der Waals surface area contributed by atoms with Gasteiger partial charge in [-0.15, -0.1) is 0 Å². The van der Waals surface area contributed by atoms with E-state index in [9.17, 15) is 5.11 Å². The second-order valence-electron chi connectivity index (χ2n) is 2.83. The third-order valence-corrected chi connectivity index (χ3v) is 1.82. The zero-order valence-corrected chi connectivity index (χ0v) is 7.46. The van der Waals surface area contributed by atoms with Crippen LogP contribution < -0.4 is 0 Å². The number of aliphatic hydroxyl groups is 1. The smallest absolute Gasteiger partial charge is 0.136 e. The molecule has 2 aromatic rings. The van der Waals surface area contributed by atoms with E-state index < -0.39 is 6.10 Å². The summed E-state index contributed by atoms with van der Waals surface area (Å²) in [6.07, 6.45) is 5.69. The highest BCUT2D eigenvalue weighted by Crippen LogP contribution is 2.15. The van der Waals surface area contributed by atoms with Crippen LogP contribution >= 0.6 is 0 Å². The average Bonchev–Trinajstić information content (AvgIpc) is 2.87. The molecule has 0 aliphatic heterocycles. The summed E-state index contributed by atoms with van der Waals surface area (Å²) in [5, 5.41) is 9.59. The Morgan fingerprint density at radius 2 is 1.93 bits per heavy atom. The Morgan fingerprint density at radius 3 is 2.57 bits per heavy atom. The van der Waals surface area contributed by atoms with Gasteiger partial charge in [-0.2, -0.15) is 0 Å². The third-order valence-electron chi connectivity index (χ3n) is 1.82. The van der Waals surface area contributed by atoms with Crippen LogP contribution in [0.3, 0.4) is 0 Å². The molecule has 72 valence electrons. The molecule has 2 aromatic heterocycles. The zero-order valence-electron chi connectivity index (χ0n) is 7.46. The lowest BCUT2D eigenvalue weighted by Gasteiger charge is -1.98. The van der Waals surface area contributed by atoms with Crippen LogP contribution in [0.15, 0.2) is 51.7 Å². The second-order valence-corrected chi connectivity index (χ2v) is 2.83. The molecule has 0 fully saturated rings. The zero-order chi connectivity index (χ0) is 9.80. The van der Waals surface area contributed by atoms with Crippen molar-refractivity contribution in [2.45, 2.75) is 6.10 Å². The minimum Gasteiger partial charge on any atom is -0.466 e. The molecule has 0 bridgehead atoms. The van der Waals surface area contributed by atoms with Crippen LogP contribution in [0.5, 0.6) is 0 Å². The molecule has 0 radical (unpaired) electrons. The van der Waals surface area contributed by atoms with Crippen LogP contribution in [-0.4, -0.2) is 5.11 Å². The normalized spacial score (nSPS) is 13.5. The first kappa shape index (κ1) is 8.84. The quantitative estimate of drug-likeness (QED) is 0.809. The Bertz CT molecular complexity index is 384. The molecule has 1 atom stereocenters. The molecule has 0 aromatic carbocycles. The number of hydrogen-bond acceptors (Lipinski definition) is 3. The monoisotopic (exact) mass is 190 g/mol. The highest BCUT2D eigenvalue weighted by Gasteiger charge is 2.05. The van der Waals surface area contributed by atoms with Gasteiger partial charge in [0.1, 0.15) is 17.6 Å². The lowest BCUT2D eigenvalue weighted by atomic mass is 10.2. The summed E-state index contributed by atoms with van der Waals surface area (Å²) in [7, 11) is 0. The Morgan fingerprint density at radius 1 is 1.14 bits per heavy atom. The van der Waals surface area contributed by atoms with E-state index in [1.165, 1.54) is 6.26 Å². The van der Waals surface area contributed by atoms with Crippen molar-refractivity contribution in [3.8, 4) is 0 Å². The van der Waals surface area contributed by atoms with Gasteiger partial charge >= 0.3 is 0 Å². The summed E-state index contributed by atoms with van der Waals surface area (Å²) in [6, 6.07) is 7.06. The van der Waals surface area contributed by atoms with Gasteiger partial charge in [-0.05, 0) is 36.4 Å². The third kappa shape index (κ3) is 1.95. The van der Waals surface area contributed by atoms with Crippen molar-refractivity contribution in [3.63, 3.8) is 0 Å². The Balaban J connectivity index is 2.05. The molecule has 0 saturated heterocycles. The highest BCUT2D eigenvalue weighted by molar-refractivity contribution is 5.43. The molecule has 0 spiro atoms. The topological polar surface area (TPSA) is 46.5 Å². The minimum atomic E-state index is -0.727. The van der Waals surface area contributed by atoms with E-state index in [1.54, 1.807) is 36.6 Å². The molecular weight excluding hydrogens is 180 g/mol. The van der Waals surface area contributed by atoms with Gasteiger partial charge in [0.2, 0.25) is 0 Å². The largest absolute Gasteiger partial charge is 0.466 e. The van der Waals surface area contributed by atoms with Gasteiger partial charge in [-0.25, -0.2) is 0 Å². The summed E-state index contributed by atoms with van der Waals surface area (Å²) >= 11 is 0. The lowest BCUT2D eigenvalue weighted by Crippen LogP contribution is -1.88. The summed E-state index contributed by atoms with van der Waals surface area (Å²) in [5.41, 5.74) is 0. The van der Waals surface area contributed by atoms with Crippen molar-refractivity contribution in [1.29, 1.82) is 0 Å². The van der Waals surface area contributed by atoms with Crippen molar-refractivity contribution >= 4 is 6.08 Å². The Labute approximate surface area is 81.3 Å². The van der Waals surface area contributed by atoms with Gasteiger partial charge in [0.05, 0.1) is 12.5 Å². The number of aliphatic hydroxyl groups excluding tert-OH is 1. The van der Waals surface area contributed by atoms with E-state index in [0.29, 0.717) is 11.5 Å². The number of rotatable bonds is 3. The fourth-order valence-corrected chi connectivity index (χ4v) is 1.13. The number of hydrogen-bond donors (Lipinski definition) is 1. The summed E-state index contributed by atoms with van der Waals surface area (Å²) < 4.78 is 10.1. The molecular formula is C11H10O3. The molecule has 0 saturated carbocycles. The average molecular weight is 190 g/mol. The first-order valence-electron chi connectivity index (χ1n) is 4.29. The van der Waals surface area contributed by atoms with Crippen molar-refractivity contribution < 1.29 is 13.9 Å². The van der Waals surface area contributed by atoms with Crippen molar-refractivity contribution in [2.24, 2.45) is 0 Å². The van der Waals surface area contributed by atoms with Gasteiger partial charge in [-0.3, -0.25) is 0 Å². The highest BCUT2D eigenvalue weighted by atomic mass is 16.4. The second kappa shape index (κ2) is 3.98. The van der Waals surface area contributed by atoms with E-state index in [4.69, 9.17) is 8.83 Å². The molecule has 1 N–H and O–H groups in total. The fraction of sp³-hybridized carbons (Fsp3) is 0.0909. The van der Waals surface area contributed by atoms with Crippen LogP contribution in [0.25, 0.3) is 6.08 Å². The predicted octanol–water partition coefficient (Wildman–Crippen LogP) is 2.62. The summed E-state index contributed by atoms with van der Waals surface area (Å²) in [6.45, 7) is 0. The van der Waals surface area contributed by atoms with Crippen LogP contribution in [0.4, 0.5) is 0 Å². The first-order valence-corrected chi connectivity index (χ1v) is 4.29. The van der Waals surface area contributed by atoms with E-state index in [-0.39, 0.29) is 0 Å². The standard InChI is InChI=1S/C11H10O3/c12-10(11-4-2-8-14-11)6-5-9-3-1-7-13-9/h1-8,10,12H. The Kier molecular flexibility index (Phi) is 2.51. The maximum atomic E-state index is 9.59. The summed E-state index contributed by atoms with van der Waals surface area (Å²) in [5.74, 6) is 1.23. The molecule has 1 unspecified atom stereocenters. The maximum Gasteiger partial charge on any atom is 0.136 e. The maximum absolute atomic E-state index is 9.59. The molecule has 0 amide bonds. The molecule has 2 heterocycles. The molecule has 3 heteroatoms. The summed E-state index contributed by atoms with van der Waals surface area (Å²) in [4.78, 5) is 0. The first-order chi connectivity index (χ1) is 6.86. The SMILES string of the molecule is OC(C=Cc1ccco1)c1ccco1. The minimum absolute atomic E-state index is 0.521. The van der Waals surface area contributed by atoms with Gasteiger partial charge in [-0.1, -0.05) is 0 Å². The van der Waals surface area contributed by atoms with Gasteiger partial charge in [0.15, 0.2) is 0 Å². The van der Waals surface area contributed by atoms with E-state index >= 15 is 0 Å². The van der Waals surface area contributed by atoms with E-state index in [2.05, 4.69) is 0 Å². The van der Waals surface area contributed by atoms with E-state index in [0.717, 1.165) is 0 Å². The number of furan rings is 2. The molecule has 0 aliphatic rings. The predicted molar refractivity (Wildman–Crippen MR) is 51.4 cm³/mol. The van der Waals surface area contributed by atoms with Crippen LogP contribution in [0, 0.1) is 0 Å². The molecule has 14 heavy (non-hydrogen) atoms. The Hall–Kier alpha value is -1.74. The molecule has 3 nitrogen and oxygen atoms in total. The van der Waals surface area contributed by atoms with Crippen LogP contribution in [0.1, 0.15) is 17.6 Å². The van der Waals surface area contributed by atoms with Gasteiger partial charge in [0.25, 0.3) is 0 Å².